The predicted molar refractivity (Wildman–Crippen MR) is 201 cm³/mol. The number of piperidine rings is 1. The third-order valence-corrected chi connectivity index (χ3v) is 13.2. The van der Waals surface area contributed by atoms with Gasteiger partial charge < -0.3 is 23.5 Å². The Hall–Kier alpha value is -2.97. The molecule has 3 unspecified atom stereocenters. The van der Waals surface area contributed by atoms with Gasteiger partial charge in [-0.2, -0.15) is 0 Å². The molecule has 3 aromatic carbocycles. The zero-order valence-corrected chi connectivity index (χ0v) is 31.4. The van der Waals surface area contributed by atoms with Gasteiger partial charge in [0.1, 0.15) is 5.75 Å². The minimum atomic E-state index is -1.33. The quantitative estimate of drug-likeness (QED) is 0.124. The summed E-state index contributed by atoms with van der Waals surface area (Å²) >= 11 is 0. The Bertz CT molecular complexity index is 1600. The topological polar surface area (TPSA) is 51.0 Å². The molecular formula is C42H56N3O3Si. The number of likely N-dealkylation sites (tertiary alicyclic amines) is 1. The van der Waals surface area contributed by atoms with Crippen molar-refractivity contribution in [3.05, 3.63) is 84.1 Å². The molecule has 0 spiro atoms. The van der Waals surface area contributed by atoms with Crippen LogP contribution in [0.3, 0.4) is 0 Å². The normalized spacial score (nSPS) is 21.1. The summed E-state index contributed by atoms with van der Waals surface area (Å²) in [6, 6.07) is 26.2. The number of aromatic nitrogens is 1. The maximum atomic E-state index is 7.26. The highest BCUT2D eigenvalue weighted by atomic mass is 28.3. The predicted octanol–water partition coefficient (Wildman–Crippen LogP) is 7.20. The molecule has 49 heavy (non-hydrogen) atoms. The Balaban J connectivity index is 0.925. The highest BCUT2D eigenvalue weighted by Crippen LogP contribution is 2.49. The van der Waals surface area contributed by atoms with Gasteiger partial charge >= 0.3 is 0 Å². The van der Waals surface area contributed by atoms with E-state index in [0.29, 0.717) is 5.92 Å². The zero-order valence-electron chi connectivity index (χ0n) is 30.4. The molecule has 6 nitrogen and oxygen atoms in total. The molecule has 0 amide bonds. The molecule has 3 fully saturated rings. The van der Waals surface area contributed by atoms with Crippen molar-refractivity contribution in [1.29, 1.82) is 0 Å². The molecular weight excluding hydrogens is 623 g/mol. The van der Waals surface area contributed by atoms with Crippen molar-refractivity contribution in [2.45, 2.75) is 78.4 Å². The Labute approximate surface area is 295 Å². The lowest BCUT2D eigenvalue weighted by Crippen LogP contribution is -2.50. The summed E-state index contributed by atoms with van der Waals surface area (Å²) in [7, 11) is 2.86. The van der Waals surface area contributed by atoms with Gasteiger partial charge in [0.15, 0.2) is 5.58 Å². The van der Waals surface area contributed by atoms with Crippen LogP contribution in [-0.4, -0.2) is 70.4 Å². The first-order valence-corrected chi connectivity index (χ1v) is 20.2. The van der Waals surface area contributed by atoms with Gasteiger partial charge in [-0.05, 0) is 124 Å². The van der Waals surface area contributed by atoms with Gasteiger partial charge in [0.05, 0.1) is 24.0 Å². The molecule has 3 atom stereocenters. The lowest BCUT2D eigenvalue weighted by Gasteiger charge is -2.36. The summed E-state index contributed by atoms with van der Waals surface area (Å²) in [5.41, 5.74) is 3.23. The largest absolute Gasteiger partial charge is 0.493 e. The van der Waals surface area contributed by atoms with Gasteiger partial charge in [-0.15, -0.1) is 0 Å². The number of fused-ring (bicyclic) bond motifs is 1. The number of ether oxygens (including phenoxy) is 1. The zero-order chi connectivity index (χ0) is 34.0. The average molecular weight is 679 g/mol. The first-order chi connectivity index (χ1) is 23.7. The Morgan fingerprint density at radius 1 is 0.898 bits per heavy atom. The van der Waals surface area contributed by atoms with E-state index >= 15 is 0 Å². The van der Waals surface area contributed by atoms with Gasteiger partial charge in [-0.25, -0.2) is 0 Å². The van der Waals surface area contributed by atoms with Gasteiger partial charge in [-0.3, -0.25) is 0 Å². The lowest BCUT2D eigenvalue weighted by molar-refractivity contribution is 0.0606. The first kappa shape index (κ1) is 34.5. The molecule has 1 aromatic heterocycles. The van der Waals surface area contributed by atoms with E-state index in [2.05, 4.69) is 123 Å². The fourth-order valence-electron chi connectivity index (χ4n) is 7.86. The summed E-state index contributed by atoms with van der Waals surface area (Å²) in [6.07, 6.45) is 8.80. The smallest absolute Gasteiger partial charge is 0.283 e. The van der Waals surface area contributed by atoms with Crippen LogP contribution < -0.4 is 15.1 Å². The summed E-state index contributed by atoms with van der Waals surface area (Å²) in [5.74, 6) is 3.77. The summed E-state index contributed by atoms with van der Waals surface area (Å²) < 4.78 is 19.5. The molecule has 3 aliphatic rings. The van der Waals surface area contributed by atoms with Crippen LogP contribution in [-0.2, 0) is 17.4 Å². The Kier molecular flexibility index (Phi) is 10.6. The van der Waals surface area contributed by atoms with Crippen molar-refractivity contribution in [3.63, 3.8) is 0 Å². The molecule has 0 N–H and O–H groups in total. The van der Waals surface area contributed by atoms with Crippen molar-refractivity contribution in [1.82, 2.24) is 15.0 Å². The van der Waals surface area contributed by atoms with Gasteiger partial charge in [-0.1, -0.05) is 86.6 Å². The molecule has 4 aromatic rings. The van der Waals surface area contributed by atoms with Crippen molar-refractivity contribution in [2.24, 2.45) is 29.1 Å². The number of hydrogen-bond acceptors (Lipinski definition) is 6. The molecule has 0 bridgehead atoms. The fraction of sp³-hybridized carbons (Fsp3) is 0.548. The van der Waals surface area contributed by atoms with Crippen LogP contribution in [0.5, 0.6) is 5.75 Å². The number of nitrogens with zero attached hydrogens (tertiary/aromatic N) is 3. The molecule has 7 rings (SSSR count). The molecule has 2 aliphatic carbocycles. The van der Waals surface area contributed by atoms with E-state index in [1.807, 2.05) is 0 Å². The molecule has 261 valence electrons. The highest BCUT2D eigenvalue weighted by Gasteiger charge is 2.49. The summed E-state index contributed by atoms with van der Waals surface area (Å²) in [5, 5.41) is 8.42. The standard InChI is InChI=1S/C42H56N3O3Si/c1-42(2,3)41(48-49(33-12-8-6-9-13-33)34-14-10-7-11-15-34)36-26-32(36)27-45-24-22-30(23-25-45)18-20-38-35-19-21-39(46-29-31-16-17-31)37(28-44(4)5)40(35)47-43-38/h6-15,19,21,30-32,36,41H,16-18,20,22-29H2,1-5H3. The third-order valence-electron chi connectivity index (χ3n) is 10.9. The number of aryl methyl sites for hydroxylation is 1. The number of rotatable bonds is 15. The molecule has 1 saturated heterocycles. The molecule has 2 saturated carbocycles. The van der Waals surface area contributed by atoms with E-state index in [-0.39, 0.29) is 11.5 Å². The van der Waals surface area contributed by atoms with E-state index in [1.54, 1.807) is 0 Å². The minimum Gasteiger partial charge on any atom is -0.493 e. The highest BCUT2D eigenvalue weighted by molar-refractivity contribution is 6.80. The van der Waals surface area contributed by atoms with Crippen LogP contribution in [0, 0.1) is 29.1 Å². The van der Waals surface area contributed by atoms with Gasteiger partial charge in [0, 0.05) is 18.5 Å². The second-order valence-corrected chi connectivity index (χ2v) is 18.5. The van der Waals surface area contributed by atoms with Gasteiger partial charge in [0.2, 0.25) is 0 Å². The first-order valence-electron chi connectivity index (χ1n) is 18.8. The van der Waals surface area contributed by atoms with Crippen LogP contribution >= 0.6 is 0 Å². The molecule has 1 aliphatic heterocycles. The monoisotopic (exact) mass is 678 g/mol. The van der Waals surface area contributed by atoms with Crippen LogP contribution in [0.15, 0.2) is 77.3 Å². The maximum absolute atomic E-state index is 7.26. The van der Waals surface area contributed by atoms with E-state index in [0.717, 1.165) is 65.3 Å². The number of hydrogen-bond donors (Lipinski definition) is 0. The molecule has 1 radical (unpaired) electrons. The van der Waals surface area contributed by atoms with Crippen LogP contribution in [0.2, 0.25) is 0 Å². The molecule has 2 heterocycles. The van der Waals surface area contributed by atoms with Crippen LogP contribution in [0.25, 0.3) is 11.0 Å². The minimum absolute atomic E-state index is 0.0929. The number of benzene rings is 3. The van der Waals surface area contributed by atoms with E-state index < -0.39 is 9.04 Å². The van der Waals surface area contributed by atoms with E-state index in [1.165, 1.54) is 68.5 Å². The van der Waals surface area contributed by atoms with Crippen LogP contribution in [0.4, 0.5) is 0 Å². The Morgan fingerprint density at radius 2 is 1.57 bits per heavy atom. The fourth-order valence-corrected chi connectivity index (χ4v) is 10.2. The van der Waals surface area contributed by atoms with E-state index in [4.69, 9.17) is 13.7 Å². The van der Waals surface area contributed by atoms with Crippen molar-refractivity contribution in [2.75, 3.05) is 40.3 Å². The SMILES string of the molecule is CN(C)Cc1c(OCC2CC2)ccc2c(CCC3CCN(CC4CC4C(O[Si](c4ccccc4)c4ccccc4)C(C)(C)C)CC3)noc12. The second kappa shape index (κ2) is 15.1. The van der Waals surface area contributed by atoms with Crippen molar-refractivity contribution < 1.29 is 13.7 Å². The Morgan fingerprint density at radius 3 is 2.18 bits per heavy atom. The van der Waals surface area contributed by atoms with Crippen molar-refractivity contribution >= 4 is 30.4 Å². The van der Waals surface area contributed by atoms with E-state index in [9.17, 15) is 0 Å². The van der Waals surface area contributed by atoms with Crippen molar-refractivity contribution in [3.8, 4) is 5.75 Å². The maximum Gasteiger partial charge on any atom is 0.283 e. The average Bonchev–Trinajstić information content (AvgIpc) is 4.02. The lowest BCUT2D eigenvalue weighted by atomic mass is 9.85. The van der Waals surface area contributed by atoms with Crippen LogP contribution in [0.1, 0.15) is 70.6 Å². The summed E-state index contributed by atoms with van der Waals surface area (Å²) in [4.78, 5) is 4.92. The second-order valence-electron chi connectivity index (χ2n) is 16.4. The van der Waals surface area contributed by atoms with Gasteiger partial charge in [0.25, 0.3) is 9.04 Å². The third kappa shape index (κ3) is 8.67. The summed E-state index contributed by atoms with van der Waals surface area (Å²) in [6.45, 7) is 12.3. The molecule has 7 heteroatoms.